The second-order valence-electron chi connectivity index (χ2n) is 7.17. The summed E-state index contributed by atoms with van der Waals surface area (Å²) in [5.41, 5.74) is -0.947. The lowest BCUT2D eigenvalue weighted by Gasteiger charge is -2.33. The van der Waals surface area contributed by atoms with Crippen LogP contribution in [0.15, 0.2) is 53.5 Å². The molecule has 8 nitrogen and oxygen atoms in total. The van der Waals surface area contributed by atoms with Crippen LogP contribution in [0.3, 0.4) is 0 Å². The van der Waals surface area contributed by atoms with Gasteiger partial charge in [-0.15, -0.1) is 6.58 Å². The molecular weight excluding hydrogens is 434 g/mol. The Morgan fingerprint density at radius 3 is 2.12 bits per heavy atom. The number of allylic oxidation sites excluding steroid dienone is 2. The summed E-state index contributed by atoms with van der Waals surface area (Å²) < 4.78 is 44.5. The third kappa shape index (κ3) is 4.65. The van der Waals surface area contributed by atoms with Gasteiger partial charge < -0.3 is 14.2 Å². The summed E-state index contributed by atoms with van der Waals surface area (Å²) in [5.74, 6) is -1.82. The number of ether oxygens (including phenoxy) is 3. The molecule has 32 heavy (non-hydrogen) atoms. The van der Waals surface area contributed by atoms with Crippen LogP contribution in [0.5, 0.6) is 0 Å². The van der Waals surface area contributed by atoms with Crippen molar-refractivity contribution >= 4 is 22.0 Å². The van der Waals surface area contributed by atoms with Crippen LogP contribution in [0, 0.1) is 12.3 Å². The number of esters is 2. The average molecular weight is 466 g/mol. The Morgan fingerprint density at radius 2 is 1.66 bits per heavy atom. The van der Waals surface area contributed by atoms with Gasteiger partial charge in [-0.2, -0.15) is 4.31 Å². The summed E-state index contributed by atoms with van der Waals surface area (Å²) in [6.07, 6.45) is 2.04. The summed E-state index contributed by atoms with van der Waals surface area (Å²) in [4.78, 5) is 26.6. The van der Waals surface area contributed by atoms with E-state index in [1.807, 2.05) is 6.92 Å². The molecule has 9 heteroatoms. The highest BCUT2D eigenvalue weighted by atomic mass is 32.2. The van der Waals surface area contributed by atoms with E-state index in [1.165, 1.54) is 12.1 Å². The minimum atomic E-state index is -4.13. The minimum Gasteiger partial charge on any atom is -0.465 e. The van der Waals surface area contributed by atoms with E-state index >= 15 is 0 Å². The van der Waals surface area contributed by atoms with Gasteiger partial charge >= 0.3 is 11.9 Å². The standard InChI is InChI=1S/C23H31NO7S/c1-6-10-11-18-16-24(32(27,28)19-14-12-17(5)13-15-19)20(29-7-2)23(18,21(25)30-8-3)22(26)31-9-4/h6,11-15,20H,1,7-10,16H2,2-5H3/b18-11+. The van der Waals surface area contributed by atoms with Crippen molar-refractivity contribution in [1.29, 1.82) is 0 Å². The second kappa shape index (κ2) is 10.9. The van der Waals surface area contributed by atoms with Gasteiger partial charge in [-0.05, 0) is 51.8 Å². The number of hydrogen-bond donors (Lipinski definition) is 0. The van der Waals surface area contributed by atoms with Gasteiger partial charge in [0.1, 0.15) is 0 Å². The summed E-state index contributed by atoms with van der Waals surface area (Å²) >= 11 is 0. The Bertz CT molecular complexity index is 949. The fourth-order valence-corrected chi connectivity index (χ4v) is 5.19. The maximum Gasteiger partial charge on any atom is 0.332 e. The molecule has 2 rings (SSSR count). The van der Waals surface area contributed by atoms with E-state index in [-0.39, 0.29) is 36.8 Å². The van der Waals surface area contributed by atoms with Crippen molar-refractivity contribution < 1.29 is 32.2 Å². The molecule has 0 N–H and O–H groups in total. The Labute approximate surface area is 189 Å². The molecule has 0 radical (unpaired) electrons. The molecule has 0 aliphatic carbocycles. The first-order valence-electron chi connectivity index (χ1n) is 10.6. The molecule has 1 atom stereocenters. The van der Waals surface area contributed by atoms with Crippen molar-refractivity contribution in [2.45, 2.75) is 45.2 Å². The number of carbonyl (C=O) groups is 2. The smallest absolute Gasteiger partial charge is 0.332 e. The fraction of sp³-hybridized carbons (Fsp3) is 0.478. The topological polar surface area (TPSA) is 99.2 Å². The molecule has 0 amide bonds. The summed E-state index contributed by atoms with van der Waals surface area (Å²) in [6.45, 7) is 10.2. The Balaban J connectivity index is 2.77. The fourth-order valence-electron chi connectivity index (χ4n) is 3.66. The highest BCUT2D eigenvalue weighted by molar-refractivity contribution is 7.89. The van der Waals surface area contributed by atoms with E-state index in [0.29, 0.717) is 6.42 Å². The first kappa shape index (κ1) is 25.8. The van der Waals surface area contributed by atoms with E-state index in [0.717, 1.165) is 9.87 Å². The number of rotatable bonds is 10. The zero-order chi connectivity index (χ0) is 23.9. The minimum absolute atomic E-state index is 0.00170. The largest absolute Gasteiger partial charge is 0.465 e. The molecule has 0 aromatic heterocycles. The van der Waals surface area contributed by atoms with Gasteiger partial charge in [0.2, 0.25) is 15.4 Å². The molecule has 1 fully saturated rings. The molecule has 1 unspecified atom stereocenters. The van der Waals surface area contributed by atoms with Gasteiger partial charge in [0.05, 0.1) is 18.1 Å². The van der Waals surface area contributed by atoms with E-state index in [9.17, 15) is 18.0 Å². The monoisotopic (exact) mass is 465 g/mol. The van der Waals surface area contributed by atoms with Gasteiger partial charge in [-0.3, -0.25) is 9.59 Å². The maximum absolute atomic E-state index is 13.6. The number of aryl methyl sites for hydroxylation is 1. The second-order valence-corrected chi connectivity index (χ2v) is 9.06. The maximum atomic E-state index is 13.6. The number of sulfonamides is 1. The molecule has 0 spiro atoms. The molecule has 0 saturated carbocycles. The number of nitrogens with zero attached hydrogens (tertiary/aromatic N) is 1. The molecule has 1 aromatic carbocycles. The predicted octanol–water partition coefficient (Wildman–Crippen LogP) is 2.98. The predicted molar refractivity (Wildman–Crippen MR) is 119 cm³/mol. The van der Waals surface area contributed by atoms with E-state index in [4.69, 9.17) is 14.2 Å². The molecule has 1 saturated heterocycles. The average Bonchev–Trinajstić information content (AvgIpc) is 3.09. The first-order valence-corrected chi connectivity index (χ1v) is 12.0. The molecule has 1 aliphatic rings. The zero-order valence-corrected chi connectivity index (χ0v) is 19.8. The molecule has 1 heterocycles. The number of benzene rings is 1. The normalized spacial score (nSPS) is 19.6. The Hall–Kier alpha value is -2.49. The lowest BCUT2D eigenvalue weighted by atomic mass is 9.80. The Kier molecular flexibility index (Phi) is 8.77. The molecule has 1 aromatic rings. The third-order valence-electron chi connectivity index (χ3n) is 5.14. The summed E-state index contributed by atoms with van der Waals surface area (Å²) in [7, 11) is -4.13. The van der Waals surface area contributed by atoms with Crippen LogP contribution in [0.25, 0.3) is 0 Å². The van der Waals surface area contributed by atoms with E-state index < -0.39 is 33.6 Å². The van der Waals surface area contributed by atoms with Crippen molar-refractivity contribution in [3.05, 3.63) is 54.1 Å². The van der Waals surface area contributed by atoms with Crippen molar-refractivity contribution in [1.82, 2.24) is 4.31 Å². The van der Waals surface area contributed by atoms with Gasteiger partial charge in [0.15, 0.2) is 6.23 Å². The summed E-state index contributed by atoms with van der Waals surface area (Å²) in [6, 6.07) is 6.32. The number of hydrogen-bond acceptors (Lipinski definition) is 7. The van der Waals surface area contributed by atoms with Crippen LogP contribution in [0.4, 0.5) is 0 Å². The van der Waals surface area contributed by atoms with Gasteiger partial charge in [0, 0.05) is 13.2 Å². The van der Waals surface area contributed by atoms with Crippen LogP contribution in [-0.4, -0.2) is 57.3 Å². The van der Waals surface area contributed by atoms with Gasteiger partial charge in [-0.25, -0.2) is 8.42 Å². The first-order chi connectivity index (χ1) is 15.2. The van der Waals surface area contributed by atoms with Crippen LogP contribution in [-0.2, 0) is 33.8 Å². The van der Waals surface area contributed by atoms with Crippen molar-refractivity contribution in [3.63, 3.8) is 0 Å². The highest BCUT2D eigenvalue weighted by Crippen LogP contribution is 2.47. The Morgan fingerprint density at radius 1 is 1.09 bits per heavy atom. The van der Waals surface area contributed by atoms with Crippen molar-refractivity contribution in [3.8, 4) is 0 Å². The van der Waals surface area contributed by atoms with Crippen LogP contribution in [0.2, 0.25) is 0 Å². The molecule has 0 bridgehead atoms. The summed E-state index contributed by atoms with van der Waals surface area (Å²) in [5, 5.41) is 0. The zero-order valence-electron chi connectivity index (χ0n) is 19.0. The highest BCUT2D eigenvalue weighted by Gasteiger charge is 2.67. The molecule has 1 aliphatic heterocycles. The molecular formula is C23H31NO7S. The lowest BCUT2D eigenvalue weighted by molar-refractivity contribution is -0.181. The van der Waals surface area contributed by atoms with E-state index in [2.05, 4.69) is 6.58 Å². The van der Waals surface area contributed by atoms with Crippen molar-refractivity contribution in [2.24, 2.45) is 5.41 Å². The van der Waals surface area contributed by atoms with Gasteiger partial charge in [0.25, 0.3) is 0 Å². The van der Waals surface area contributed by atoms with Crippen molar-refractivity contribution in [2.75, 3.05) is 26.4 Å². The number of carbonyl (C=O) groups excluding carboxylic acids is 2. The van der Waals surface area contributed by atoms with Crippen LogP contribution >= 0.6 is 0 Å². The third-order valence-corrected chi connectivity index (χ3v) is 6.95. The van der Waals surface area contributed by atoms with Crippen LogP contribution in [0.1, 0.15) is 32.8 Å². The van der Waals surface area contributed by atoms with Gasteiger partial charge in [-0.1, -0.05) is 29.8 Å². The SMILES string of the molecule is C=CC/C=C1\CN(S(=O)(=O)c2ccc(C)cc2)C(OCC)C1(C(=O)OCC)C(=O)OCC. The van der Waals surface area contributed by atoms with Crippen LogP contribution < -0.4 is 0 Å². The lowest BCUT2D eigenvalue weighted by Crippen LogP contribution is -2.54. The quantitative estimate of drug-likeness (QED) is 0.298. The molecule has 176 valence electrons. The van der Waals surface area contributed by atoms with E-state index in [1.54, 1.807) is 45.1 Å².